The average molecular weight is 199 g/mol. The first kappa shape index (κ1) is 8.90. The predicted octanol–water partition coefficient (Wildman–Crippen LogP) is 0.888. The third-order valence-electron chi connectivity index (χ3n) is 2.54. The first-order valence-electron chi connectivity index (χ1n) is 4.50. The van der Waals surface area contributed by atoms with Gasteiger partial charge in [0, 0.05) is 18.1 Å². The zero-order valence-corrected chi connectivity index (χ0v) is 8.37. The average Bonchev–Trinajstić information content (AvgIpc) is 2.62. The second-order valence-corrected chi connectivity index (χ2v) is 4.13. The van der Waals surface area contributed by atoms with Gasteiger partial charge in [0.15, 0.2) is 0 Å². The summed E-state index contributed by atoms with van der Waals surface area (Å²) >= 11 is 1.39. The van der Waals surface area contributed by atoms with Gasteiger partial charge in [-0.25, -0.2) is 4.98 Å². The third-order valence-corrected chi connectivity index (χ3v) is 3.25. The summed E-state index contributed by atoms with van der Waals surface area (Å²) in [5.41, 5.74) is 0. The Kier molecular flexibility index (Phi) is 2.46. The number of aliphatic hydroxyl groups is 1. The van der Waals surface area contributed by atoms with Crippen molar-refractivity contribution >= 4 is 16.7 Å². The van der Waals surface area contributed by atoms with E-state index in [2.05, 4.69) is 14.3 Å². The fourth-order valence-electron chi connectivity index (χ4n) is 1.69. The molecule has 2 atom stereocenters. The lowest BCUT2D eigenvalue weighted by Crippen LogP contribution is -2.46. The van der Waals surface area contributed by atoms with E-state index in [1.54, 1.807) is 6.33 Å². The van der Waals surface area contributed by atoms with Gasteiger partial charge in [0.1, 0.15) is 6.33 Å². The number of hydrogen-bond acceptors (Lipinski definition) is 5. The van der Waals surface area contributed by atoms with E-state index in [0.29, 0.717) is 0 Å². The molecule has 2 unspecified atom stereocenters. The van der Waals surface area contributed by atoms with Crippen molar-refractivity contribution in [1.29, 1.82) is 0 Å². The summed E-state index contributed by atoms with van der Waals surface area (Å²) in [5.74, 6) is 0. The van der Waals surface area contributed by atoms with E-state index in [9.17, 15) is 5.11 Å². The minimum Gasteiger partial charge on any atom is -0.391 e. The lowest BCUT2D eigenvalue weighted by molar-refractivity contribution is 0.119. The molecule has 5 heteroatoms. The number of rotatable bonds is 1. The number of anilines is 1. The fraction of sp³-hybridized carbons (Fsp3) is 0.750. The Morgan fingerprint density at radius 2 is 2.54 bits per heavy atom. The maximum absolute atomic E-state index is 9.66. The summed E-state index contributed by atoms with van der Waals surface area (Å²) < 4.78 is 3.96. The Balaban J connectivity index is 2.14. The van der Waals surface area contributed by atoms with Crippen LogP contribution in [0.15, 0.2) is 6.33 Å². The number of aliphatic hydroxyl groups excluding tert-OH is 1. The molecule has 0 bridgehead atoms. The van der Waals surface area contributed by atoms with Crippen molar-refractivity contribution in [2.24, 2.45) is 0 Å². The quantitative estimate of drug-likeness (QED) is 0.729. The van der Waals surface area contributed by atoms with Gasteiger partial charge < -0.3 is 10.0 Å². The highest BCUT2D eigenvalue weighted by molar-refractivity contribution is 7.09. The molecule has 2 rings (SSSR count). The van der Waals surface area contributed by atoms with Crippen LogP contribution in [-0.4, -0.2) is 33.2 Å². The van der Waals surface area contributed by atoms with Gasteiger partial charge in [0.2, 0.25) is 5.13 Å². The molecule has 72 valence electrons. The summed E-state index contributed by atoms with van der Waals surface area (Å²) in [6.07, 6.45) is 3.27. The fourth-order valence-corrected chi connectivity index (χ4v) is 2.33. The molecule has 1 aliphatic heterocycles. The van der Waals surface area contributed by atoms with E-state index in [4.69, 9.17) is 0 Å². The van der Waals surface area contributed by atoms with Gasteiger partial charge in [0.25, 0.3) is 0 Å². The van der Waals surface area contributed by atoms with Gasteiger partial charge in [-0.15, -0.1) is 0 Å². The molecule has 0 aliphatic carbocycles. The third kappa shape index (κ3) is 1.66. The molecule has 0 saturated carbocycles. The van der Waals surface area contributed by atoms with Crippen molar-refractivity contribution in [3.05, 3.63) is 6.33 Å². The van der Waals surface area contributed by atoms with Crippen LogP contribution >= 0.6 is 11.5 Å². The second-order valence-electron chi connectivity index (χ2n) is 3.37. The minimum absolute atomic E-state index is 0.168. The summed E-state index contributed by atoms with van der Waals surface area (Å²) in [4.78, 5) is 6.28. The van der Waals surface area contributed by atoms with Gasteiger partial charge >= 0.3 is 0 Å². The van der Waals surface area contributed by atoms with E-state index >= 15 is 0 Å². The van der Waals surface area contributed by atoms with E-state index in [1.807, 2.05) is 6.92 Å². The Labute approximate surface area is 81.4 Å². The SMILES string of the molecule is CC1C(O)CCCN1c1ncns1. The molecule has 1 saturated heterocycles. The maximum atomic E-state index is 9.66. The molecule has 1 aliphatic rings. The maximum Gasteiger partial charge on any atom is 0.205 e. The van der Waals surface area contributed by atoms with Crippen LogP contribution in [0.4, 0.5) is 5.13 Å². The second kappa shape index (κ2) is 3.59. The van der Waals surface area contributed by atoms with Gasteiger partial charge in [-0.05, 0) is 19.8 Å². The monoisotopic (exact) mass is 199 g/mol. The van der Waals surface area contributed by atoms with Crippen LogP contribution in [0.25, 0.3) is 0 Å². The molecule has 0 aromatic carbocycles. The number of nitrogens with zero attached hydrogens (tertiary/aromatic N) is 3. The summed E-state index contributed by atoms with van der Waals surface area (Å²) in [6.45, 7) is 3.01. The van der Waals surface area contributed by atoms with Crippen molar-refractivity contribution < 1.29 is 5.11 Å². The molecule has 0 amide bonds. The summed E-state index contributed by atoms with van der Waals surface area (Å²) in [7, 11) is 0. The molecule has 0 radical (unpaired) electrons. The molecule has 1 aromatic heterocycles. The first-order chi connectivity index (χ1) is 6.29. The molecule has 2 heterocycles. The molecule has 0 spiro atoms. The zero-order chi connectivity index (χ0) is 9.26. The Morgan fingerprint density at radius 3 is 3.23 bits per heavy atom. The number of piperidine rings is 1. The standard InChI is InChI=1S/C8H13N3OS/c1-6-7(12)3-2-4-11(6)8-9-5-10-13-8/h5-7,12H,2-4H2,1H3. The predicted molar refractivity (Wildman–Crippen MR) is 52.0 cm³/mol. The van der Waals surface area contributed by atoms with Crippen LogP contribution in [0, 0.1) is 0 Å². The van der Waals surface area contributed by atoms with Crippen LogP contribution in [0.1, 0.15) is 19.8 Å². The molecule has 13 heavy (non-hydrogen) atoms. The molecule has 1 N–H and O–H groups in total. The normalized spacial score (nSPS) is 29.2. The molecular weight excluding hydrogens is 186 g/mol. The summed E-state index contributed by atoms with van der Waals surface area (Å²) in [6, 6.07) is 0.168. The Bertz CT molecular complexity index is 264. The highest BCUT2D eigenvalue weighted by atomic mass is 32.1. The highest BCUT2D eigenvalue weighted by Crippen LogP contribution is 2.24. The van der Waals surface area contributed by atoms with Crippen LogP contribution < -0.4 is 4.90 Å². The van der Waals surface area contributed by atoms with Crippen molar-refractivity contribution in [3.63, 3.8) is 0 Å². The van der Waals surface area contributed by atoms with Gasteiger partial charge in [-0.3, -0.25) is 0 Å². The first-order valence-corrected chi connectivity index (χ1v) is 5.28. The van der Waals surface area contributed by atoms with Gasteiger partial charge in [0.05, 0.1) is 12.1 Å². The molecule has 1 aromatic rings. The Morgan fingerprint density at radius 1 is 1.69 bits per heavy atom. The summed E-state index contributed by atoms with van der Waals surface area (Å²) in [5, 5.41) is 10.6. The number of hydrogen-bond donors (Lipinski definition) is 1. The van der Waals surface area contributed by atoms with Gasteiger partial charge in [-0.1, -0.05) is 0 Å². The van der Waals surface area contributed by atoms with Gasteiger partial charge in [-0.2, -0.15) is 4.37 Å². The van der Waals surface area contributed by atoms with E-state index < -0.39 is 0 Å². The van der Waals surface area contributed by atoms with Crippen LogP contribution in [0.2, 0.25) is 0 Å². The minimum atomic E-state index is -0.224. The highest BCUT2D eigenvalue weighted by Gasteiger charge is 2.27. The van der Waals surface area contributed by atoms with E-state index in [0.717, 1.165) is 24.5 Å². The molecule has 4 nitrogen and oxygen atoms in total. The Hall–Kier alpha value is -0.680. The number of aromatic nitrogens is 2. The van der Waals surface area contributed by atoms with Crippen LogP contribution in [0.5, 0.6) is 0 Å². The van der Waals surface area contributed by atoms with E-state index in [1.165, 1.54) is 11.5 Å². The van der Waals surface area contributed by atoms with Crippen molar-refractivity contribution in [1.82, 2.24) is 9.36 Å². The van der Waals surface area contributed by atoms with Crippen molar-refractivity contribution in [2.45, 2.75) is 31.9 Å². The van der Waals surface area contributed by atoms with Crippen LogP contribution in [0.3, 0.4) is 0 Å². The van der Waals surface area contributed by atoms with Crippen molar-refractivity contribution in [2.75, 3.05) is 11.4 Å². The lowest BCUT2D eigenvalue weighted by Gasteiger charge is -2.36. The molecule has 1 fully saturated rings. The zero-order valence-electron chi connectivity index (χ0n) is 7.55. The topological polar surface area (TPSA) is 49.2 Å². The smallest absolute Gasteiger partial charge is 0.205 e. The largest absolute Gasteiger partial charge is 0.391 e. The molecular formula is C8H13N3OS. The lowest BCUT2D eigenvalue weighted by atomic mass is 10.0. The van der Waals surface area contributed by atoms with E-state index in [-0.39, 0.29) is 12.1 Å². The van der Waals surface area contributed by atoms with Crippen molar-refractivity contribution in [3.8, 4) is 0 Å². The van der Waals surface area contributed by atoms with Crippen LogP contribution in [-0.2, 0) is 0 Å².